The molecule has 3 heteroatoms. The lowest BCUT2D eigenvalue weighted by atomic mass is 9.88. The third kappa shape index (κ3) is 2.00. The van der Waals surface area contributed by atoms with E-state index in [0.717, 1.165) is 28.9 Å². The SMILES string of the molecule is CC1CCCc2[nH]c(C=C3C(=O)Nc4ccccc43)cc21. The van der Waals surface area contributed by atoms with Crippen molar-refractivity contribution in [3.8, 4) is 0 Å². The number of benzene rings is 1. The monoisotopic (exact) mass is 278 g/mol. The minimum Gasteiger partial charge on any atom is -0.359 e. The molecular weight excluding hydrogens is 260 g/mol. The van der Waals surface area contributed by atoms with Gasteiger partial charge in [-0.1, -0.05) is 25.1 Å². The van der Waals surface area contributed by atoms with Crippen LogP contribution in [0.2, 0.25) is 0 Å². The Kier molecular flexibility index (Phi) is 2.74. The number of aromatic amines is 1. The molecule has 106 valence electrons. The van der Waals surface area contributed by atoms with E-state index in [1.807, 2.05) is 30.3 Å². The predicted octanol–water partition coefficient (Wildman–Crippen LogP) is 3.95. The lowest BCUT2D eigenvalue weighted by Crippen LogP contribution is -2.04. The minimum atomic E-state index is -0.0168. The molecule has 0 radical (unpaired) electrons. The summed E-state index contributed by atoms with van der Waals surface area (Å²) in [6, 6.07) is 10.0. The third-order valence-corrected chi connectivity index (χ3v) is 4.56. The Hall–Kier alpha value is -2.29. The molecule has 0 saturated heterocycles. The van der Waals surface area contributed by atoms with Gasteiger partial charge in [0.1, 0.15) is 0 Å². The minimum absolute atomic E-state index is 0.0168. The number of H-pyrrole nitrogens is 1. The summed E-state index contributed by atoms with van der Waals surface area (Å²) in [6.45, 7) is 2.28. The predicted molar refractivity (Wildman–Crippen MR) is 85.1 cm³/mol. The number of aromatic nitrogens is 1. The van der Waals surface area contributed by atoms with Crippen LogP contribution in [0.15, 0.2) is 30.3 Å². The maximum absolute atomic E-state index is 12.1. The largest absolute Gasteiger partial charge is 0.359 e. The molecule has 1 aromatic heterocycles. The van der Waals surface area contributed by atoms with Crippen LogP contribution in [0.25, 0.3) is 11.6 Å². The molecule has 4 rings (SSSR count). The second-order valence-electron chi connectivity index (χ2n) is 6.01. The first-order chi connectivity index (χ1) is 10.2. The number of rotatable bonds is 1. The number of fused-ring (bicyclic) bond motifs is 2. The van der Waals surface area contributed by atoms with Gasteiger partial charge in [0.15, 0.2) is 0 Å². The zero-order valence-electron chi connectivity index (χ0n) is 12.1. The summed E-state index contributed by atoms with van der Waals surface area (Å²) in [5.41, 5.74) is 6.43. The van der Waals surface area contributed by atoms with E-state index in [1.165, 1.54) is 24.1 Å². The molecule has 2 aliphatic rings. The van der Waals surface area contributed by atoms with Gasteiger partial charge in [-0.3, -0.25) is 4.79 Å². The van der Waals surface area contributed by atoms with E-state index in [2.05, 4.69) is 23.3 Å². The van der Waals surface area contributed by atoms with Crippen LogP contribution < -0.4 is 5.32 Å². The molecule has 2 N–H and O–H groups in total. The van der Waals surface area contributed by atoms with Crippen molar-refractivity contribution in [3.63, 3.8) is 0 Å². The molecule has 1 aromatic carbocycles. The highest BCUT2D eigenvalue weighted by Gasteiger charge is 2.24. The standard InChI is InChI=1S/C18H18N2O/c1-11-5-4-8-17-14(11)9-12(19-17)10-15-13-6-2-3-7-16(13)20-18(15)21/h2-3,6-7,9-11,19H,4-5,8H2,1H3,(H,20,21). The Morgan fingerprint density at radius 3 is 3.00 bits per heavy atom. The fourth-order valence-electron chi connectivity index (χ4n) is 3.44. The Morgan fingerprint density at radius 1 is 1.29 bits per heavy atom. The van der Waals surface area contributed by atoms with E-state index in [4.69, 9.17) is 0 Å². The van der Waals surface area contributed by atoms with Crippen LogP contribution in [0.4, 0.5) is 5.69 Å². The van der Waals surface area contributed by atoms with Gasteiger partial charge in [0, 0.05) is 22.6 Å². The smallest absolute Gasteiger partial charge is 0.256 e. The average Bonchev–Trinajstić information content (AvgIpc) is 3.02. The lowest BCUT2D eigenvalue weighted by Gasteiger charge is -2.17. The molecule has 1 aliphatic carbocycles. The molecule has 1 aliphatic heterocycles. The molecule has 3 nitrogen and oxygen atoms in total. The summed E-state index contributed by atoms with van der Waals surface area (Å²) in [6.07, 6.45) is 5.59. The fraction of sp³-hybridized carbons (Fsp3) is 0.278. The van der Waals surface area contributed by atoms with E-state index < -0.39 is 0 Å². The van der Waals surface area contributed by atoms with Gasteiger partial charge in [0.2, 0.25) is 0 Å². The number of carbonyl (C=O) groups excluding carboxylic acids is 1. The number of hydrogen-bond donors (Lipinski definition) is 2. The highest BCUT2D eigenvalue weighted by atomic mass is 16.2. The number of para-hydroxylation sites is 1. The summed E-state index contributed by atoms with van der Waals surface area (Å²) in [5, 5.41) is 2.92. The highest BCUT2D eigenvalue weighted by Crippen LogP contribution is 2.35. The van der Waals surface area contributed by atoms with Crippen molar-refractivity contribution in [2.45, 2.75) is 32.1 Å². The van der Waals surface area contributed by atoms with Crippen LogP contribution in [-0.2, 0) is 11.2 Å². The summed E-state index contributed by atoms with van der Waals surface area (Å²) < 4.78 is 0. The molecule has 1 amide bonds. The first kappa shape index (κ1) is 12.5. The quantitative estimate of drug-likeness (QED) is 0.762. The van der Waals surface area contributed by atoms with E-state index in [0.29, 0.717) is 5.92 Å². The summed E-state index contributed by atoms with van der Waals surface area (Å²) in [7, 11) is 0. The number of nitrogens with one attached hydrogen (secondary N) is 2. The van der Waals surface area contributed by atoms with Gasteiger partial charge in [0.25, 0.3) is 5.91 Å². The van der Waals surface area contributed by atoms with Crippen molar-refractivity contribution in [3.05, 3.63) is 52.8 Å². The Labute approximate surface area is 124 Å². The zero-order chi connectivity index (χ0) is 14.4. The first-order valence-corrected chi connectivity index (χ1v) is 7.56. The molecule has 21 heavy (non-hydrogen) atoms. The van der Waals surface area contributed by atoms with Crippen molar-refractivity contribution in [1.82, 2.24) is 4.98 Å². The van der Waals surface area contributed by atoms with Crippen LogP contribution in [-0.4, -0.2) is 10.9 Å². The fourth-order valence-corrected chi connectivity index (χ4v) is 3.44. The maximum atomic E-state index is 12.1. The third-order valence-electron chi connectivity index (χ3n) is 4.56. The second kappa shape index (κ2) is 4.62. The van der Waals surface area contributed by atoms with Gasteiger partial charge < -0.3 is 10.3 Å². The van der Waals surface area contributed by atoms with Crippen molar-refractivity contribution in [2.75, 3.05) is 5.32 Å². The normalized spacial score (nSPS) is 22.0. The van der Waals surface area contributed by atoms with Crippen molar-refractivity contribution in [1.29, 1.82) is 0 Å². The van der Waals surface area contributed by atoms with E-state index >= 15 is 0 Å². The molecule has 0 bridgehead atoms. The van der Waals surface area contributed by atoms with Crippen LogP contribution >= 0.6 is 0 Å². The van der Waals surface area contributed by atoms with Crippen LogP contribution in [0, 0.1) is 0 Å². The number of amides is 1. The second-order valence-corrected chi connectivity index (χ2v) is 6.01. The van der Waals surface area contributed by atoms with E-state index in [-0.39, 0.29) is 5.91 Å². The average molecular weight is 278 g/mol. The summed E-state index contributed by atoms with van der Waals surface area (Å²) in [4.78, 5) is 15.6. The Balaban J connectivity index is 1.77. The molecule has 2 aromatic rings. The first-order valence-electron chi connectivity index (χ1n) is 7.56. The highest BCUT2D eigenvalue weighted by molar-refractivity contribution is 6.34. The zero-order valence-corrected chi connectivity index (χ0v) is 12.1. The molecule has 0 spiro atoms. The molecular formula is C18H18N2O. The van der Waals surface area contributed by atoms with E-state index in [1.54, 1.807) is 0 Å². The van der Waals surface area contributed by atoms with Crippen molar-refractivity contribution in [2.24, 2.45) is 0 Å². The number of hydrogen-bond acceptors (Lipinski definition) is 1. The van der Waals surface area contributed by atoms with Gasteiger partial charge in [-0.15, -0.1) is 0 Å². The Morgan fingerprint density at radius 2 is 2.14 bits per heavy atom. The van der Waals surface area contributed by atoms with Gasteiger partial charge in [-0.25, -0.2) is 0 Å². The van der Waals surface area contributed by atoms with Crippen molar-refractivity contribution >= 4 is 23.2 Å². The summed E-state index contributed by atoms with van der Waals surface area (Å²) >= 11 is 0. The molecule has 0 saturated carbocycles. The van der Waals surface area contributed by atoms with Gasteiger partial charge in [-0.2, -0.15) is 0 Å². The molecule has 1 unspecified atom stereocenters. The molecule has 0 fully saturated rings. The summed E-state index contributed by atoms with van der Waals surface area (Å²) in [5.74, 6) is 0.596. The number of carbonyl (C=O) groups is 1. The topological polar surface area (TPSA) is 44.9 Å². The van der Waals surface area contributed by atoms with E-state index in [9.17, 15) is 4.79 Å². The molecule has 1 atom stereocenters. The van der Waals surface area contributed by atoms with Gasteiger partial charge in [0.05, 0.1) is 5.57 Å². The van der Waals surface area contributed by atoms with Crippen LogP contribution in [0.5, 0.6) is 0 Å². The maximum Gasteiger partial charge on any atom is 0.256 e. The van der Waals surface area contributed by atoms with Crippen LogP contribution in [0.3, 0.4) is 0 Å². The lowest BCUT2D eigenvalue weighted by molar-refractivity contribution is -0.110. The van der Waals surface area contributed by atoms with Crippen molar-refractivity contribution < 1.29 is 4.79 Å². The Bertz CT molecular complexity index is 754. The number of aryl methyl sites for hydroxylation is 1. The number of anilines is 1. The van der Waals surface area contributed by atoms with Gasteiger partial charge >= 0.3 is 0 Å². The van der Waals surface area contributed by atoms with Gasteiger partial charge in [-0.05, 0) is 49.0 Å². The van der Waals surface area contributed by atoms with Crippen LogP contribution in [0.1, 0.15) is 48.2 Å². The molecule has 2 heterocycles.